The third-order valence-corrected chi connectivity index (χ3v) is 5.74. The zero-order valence-corrected chi connectivity index (χ0v) is 16.3. The molecule has 0 aliphatic carbocycles. The van der Waals surface area contributed by atoms with Gasteiger partial charge in [0.15, 0.2) is 5.13 Å². The summed E-state index contributed by atoms with van der Waals surface area (Å²) in [5.74, 6) is 0.0407. The maximum absolute atomic E-state index is 11.3. The van der Waals surface area contributed by atoms with E-state index in [1.807, 2.05) is 32.0 Å². The number of rotatable bonds is 6. The first-order valence-corrected chi connectivity index (χ1v) is 10.1. The summed E-state index contributed by atoms with van der Waals surface area (Å²) in [5.41, 5.74) is 2.79. The minimum absolute atomic E-state index is 0.00704. The molecule has 0 amide bonds. The van der Waals surface area contributed by atoms with Crippen molar-refractivity contribution in [2.24, 2.45) is 0 Å². The molecule has 0 saturated carbocycles. The van der Waals surface area contributed by atoms with Crippen LogP contribution in [0.25, 0.3) is 11.3 Å². The molecular weight excluding hydrogens is 348 g/mol. The van der Waals surface area contributed by atoms with Gasteiger partial charge in [-0.15, -0.1) is 11.3 Å². The molecule has 2 heterocycles. The molecule has 0 bridgehead atoms. The van der Waals surface area contributed by atoms with Gasteiger partial charge in [0.2, 0.25) is 0 Å². The Hall–Kier alpha value is -2.08. The zero-order chi connectivity index (χ0) is 18.5. The molecule has 1 aliphatic rings. The Morgan fingerprint density at radius 2 is 2.00 bits per heavy atom. The Bertz CT molecular complexity index is 764. The second-order valence-corrected chi connectivity index (χ2v) is 7.72. The van der Waals surface area contributed by atoms with Gasteiger partial charge >= 0.3 is 5.97 Å². The number of nitrogens with zero attached hydrogens (tertiary/aromatic N) is 2. The fourth-order valence-electron chi connectivity index (χ4n) is 3.33. The van der Waals surface area contributed by atoms with Crippen molar-refractivity contribution in [2.45, 2.75) is 46.0 Å². The number of carboxylic acid groups (broad SMARTS) is 1. The van der Waals surface area contributed by atoms with Crippen LogP contribution in [-0.4, -0.2) is 35.8 Å². The minimum Gasteiger partial charge on any atom is -0.494 e. The highest BCUT2D eigenvalue weighted by Crippen LogP contribution is 2.36. The van der Waals surface area contributed by atoms with Crippen molar-refractivity contribution in [3.8, 4) is 17.0 Å². The molecule has 1 N–H and O–H groups in total. The number of aliphatic carboxylic acids is 1. The van der Waals surface area contributed by atoms with E-state index in [2.05, 4.69) is 4.90 Å². The number of benzene rings is 1. The fourth-order valence-corrected chi connectivity index (χ4v) is 4.46. The first-order valence-electron chi connectivity index (χ1n) is 9.28. The summed E-state index contributed by atoms with van der Waals surface area (Å²) in [6.07, 6.45) is 4.87. The van der Waals surface area contributed by atoms with Gasteiger partial charge in [-0.25, -0.2) is 4.98 Å². The molecule has 0 radical (unpaired) electrons. The van der Waals surface area contributed by atoms with E-state index >= 15 is 0 Å². The van der Waals surface area contributed by atoms with Crippen molar-refractivity contribution in [1.29, 1.82) is 0 Å². The maximum Gasteiger partial charge on any atom is 0.308 e. The number of aromatic nitrogens is 1. The van der Waals surface area contributed by atoms with Crippen LogP contribution >= 0.6 is 11.3 Å². The van der Waals surface area contributed by atoms with Gasteiger partial charge in [-0.2, -0.15) is 0 Å². The normalized spacial score (nSPS) is 14.9. The van der Waals surface area contributed by atoms with E-state index in [-0.39, 0.29) is 6.42 Å². The lowest BCUT2D eigenvalue weighted by atomic mass is 10.1. The van der Waals surface area contributed by atoms with Crippen molar-refractivity contribution in [2.75, 3.05) is 24.6 Å². The topological polar surface area (TPSA) is 62.7 Å². The van der Waals surface area contributed by atoms with Crippen LogP contribution in [-0.2, 0) is 11.2 Å². The van der Waals surface area contributed by atoms with Gasteiger partial charge in [-0.1, -0.05) is 12.8 Å². The van der Waals surface area contributed by atoms with E-state index in [0.29, 0.717) is 6.61 Å². The lowest BCUT2D eigenvalue weighted by Gasteiger charge is -2.18. The molecule has 1 aromatic carbocycles. The van der Waals surface area contributed by atoms with Crippen LogP contribution < -0.4 is 9.64 Å². The Morgan fingerprint density at radius 3 is 2.62 bits per heavy atom. The summed E-state index contributed by atoms with van der Waals surface area (Å²) in [4.78, 5) is 19.3. The number of hydrogen-bond donors (Lipinski definition) is 1. The van der Waals surface area contributed by atoms with Gasteiger partial charge in [-0.3, -0.25) is 4.79 Å². The molecule has 5 nitrogen and oxygen atoms in total. The van der Waals surface area contributed by atoms with Gasteiger partial charge in [0.25, 0.3) is 0 Å². The van der Waals surface area contributed by atoms with Gasteiger partial charge in [0.1, 0.15) is 5.75 Å². The van der Waals surface area contributed by atoms with Crippen molar-refractivity contribution in [3.05, 3.63) is 28.6 Å². The highest BCUT2D eigenvalue weighted by molar-refractivity contribution is 7.16. The Labute approximate surface area is 158 Å². The van der Waals surface area contributed by atoms with E-state index in [1.165, 1.54) is 37.0 Å². The molecular formula is C20H26N2O3S. The lowest BCUT2D eigenvalue weighted by Crippen LogP contribution is -2.23. The van der Waals surface area contributed by atoms with Gasteiger partial charge in [-0.05, 0) is 50.5 Å². The highest BCUT2D eigenvalue weighted by atomic mass is 32.1. The minimum atomic E-state index is -0.819. The zero-order valence-electron chi connectivity index (χ0n) is 15.5. The molecule has 6 heteroatoms. The number of aryl methyl sites for hydroxylation is 1. The molecule has 1 fully saturated rings. The predicted molar refractivity (Wildman–Crippen MR) is 105 cm³/mol. The second-order valence-electron chi connectivity index (χ2n) is 6.65. The van der Waals surface area contributed by atoms with Crippen LogP contribution in [0.1, 0.15) is 43.0 Å². The highest BCUT2D eigenvalue weighted by Gasteiger charge is 2.20. The van der Waals surface area contributed by atoms with E-state index in [4.69, 9.17) is 9.72 Å². The summed E-state index contributed by atoms with van der Waals surface area (Å²) < 4.78 is 5.62. The van der Waals surface area contributed by atoms with Gasteiger partial charge in [0.05, 0.1) is 18.7 Å². The molecule has 1 saturated heterocycles. The first kappa shape index (κ1) is 18.7. The summed E-state index contributed by atoms with van der Waals surface area (Å²) in [7, 11) is 0. The Morgan fingerprint density at radius 1 is 1.27 bits per heavy atom. The summed E-state index contributed by atoms with van der Waals surface area (Å²) in [5, 5.41) is 10.3. The number of hydrogen-bond acceptors (Lipinski definition) is 5. The summed E-state index contributed by atoms with van der Waals surface area (Å²) >= 11 is 1.52. The number of anilines is 1. The average Bonchev–Trinajstić information content (AvgIpc) is 2.82. The molecule has 2 aromatic rings. The third kappa shape index (κ3) is 4.36. The molecule has 140 valence electrons. The van der Waals surface area contributed by atoms with Crippen LogP contribution in [0.2, 0.25) is 0 Å². The third-order valence-electron chi connectivity index (χ3n) is 4.62. The molecule has 0 atom stereocenters. The Balaban J connectivity index is 1.96. The van der Waals surface area contributed by atoms with Gasteiger partial charge < -0.3 is 14.7 Å². The van der Waals surface area contributed by atoms with Gasteiger partial charge in [0, 0.05) is 23.5 Å². The first-order chi connectivity index (χ1) is 12.6. The van der Waals surface area contributed by atoms with E-state index < -0.39 is 5.97 Å². The molecule has 3 rings (SSSR count). The Kier molecular flexibility index (Phi) is 6.14. The van der Waals surface area contributed by atoms with Crippen molar-refractivity contribution in [1.82, 2.24) is 4.98 Å². The average molecular weight is 375 g/mol. The molecule has 0 spiro atoms. The standard InChI is InChI=1S/C20H26N2O3S/c1-3-25-16-9-8-15(12-14(16)2)19-17(13-18(23)24)26-20(21-19)22-10-6-4-5-7-11-22/h8-9,12H,3-7,10-11,13H2,1-2H3,(H,23,24). The number of carboxylic acids is 1. The van der Waals surface area contributed by atoms with Crippen LogP contribution in [0, 0.1) is 6.92 Å². The van der Waals surface area contributed by atoms with Crippen LogP contribution in [0.3, 0.4) is 0 Å². The predicted octanol–water partition coefficient (Wildman–Crippen LogP) is 4.52. The molecule has 1 aromatic heterocycles. The molecule has 1 aliphatic heterocycles. The van der Waals surface area contributed by atoms with E-state index in [0.717, 1.165) is 45.7 Å². The summed E-state index contributed by atoms with van der Waals surface area (Å²) in [6.45, 7) is 6.60. The number of ether oxygens (including phenoxy) is 1. The summed E-state index contributed by atoms with van der Waals surface area (Å²) in [6, 6.07) is 5.96. The van der Waals surface area contributed by atoms with Crippen LogP contribution in [0.15, 0.2) is 18.2 Å². The second kappa shape index (κ2) is 8.54. The van der Waals surface area contributed by atoms with Crippen LogP contribution in [0.5, 0.6) is 5.75 Å². The smallest absolute Gasteiger partial charge is 0.308 e. The SMILES string of the molecule is CCOc1ccc(-c2nc(N3CCCCCC3)sc2CC(=O)O)cc1C. The fraction of sp³-hybridized carbons (Fsp3) is 0.500. The van der Waals surface area contributed by atoms with Crippen molar-refractivity contribution < 1.29 is 14.6 Å². The molecule has 0 unspecified atom stereocenters. The quantitative estimate of drug-likeness (QED) is 0.805. The number of thiazole rings is 1. The number of carbonyl (C=O) groups is 1. The maximum atomic E-state index is 11.3. The van der Waals surface area contributed by atoms with Crippen LogP contribution in [0.4, 0.5) is 5.13 Å². The van der Waals surface area contributed by atoms with Crippen molar-refractivity contribution in [3.63, 3.8) is 0 Å². The van der Waals surface area contributed by atoms with Crippen molar-refractivity contribution >= 4 is 22.4 Å². The largest absolute Gasteiger partial charge is 0.494 e. The van der Waals surface area contributed by atoms with E-state index in [1.54, 1.807) is 0 Å². The lowest BCUT2D eigenvalue weighted by molar-refractivity contribution is -0.136. The molecule has 26 heavy (non-hydrogen) atoms. The van der Waals surface area contributed by atoms with E-state index in [9.17, 15) is 9.90 Å². The monoisotopic (exact) mass is 374 g/mol.